The number of carbonyl (C=O) groups is 1. The summed E-state index contributed by atoms with van der Waals surface area (Å²) in [6, 6.07) is 0. The Morgan fingerprint density at radius 1 is 1.47 bits per heavy atom. The van der Waals surface area contributed by atoms with Gasteiger partial charge in [-0.3, -0.25) is 0 Å². The minimum atomic E-state index is -0.492. The van der Waals surface area contributed by atoms with Gasteiger partial charge in [-0.2, -0.15) is 0 Å². The third-order valence-electron chi connectivity index (χ3n) is 2.29. The van der Waals surface area contributed by atoms with Gasteiger partial charge in [0.1, 0.15) is 0 Å². The van der Waals surface area contributed by atoms with Crippen molar-refractivity contribution in [3.8, 4) is 0 Å². The number of aliphatic hydroxyl groups excluding tert-OH is 1. The van der Waals surface area contributed by atoms with E-state index in [1.807, 2.05) is 30.1 Å². The zero-order valence-corrected chi connectivity index (χ0v) is 12.5. The van der Waals surface area contributed by atoms with Crippen LogP contribution in [0.4, 0.5) is 0 Å². The van der Waals surface area contributed by atoms with Crippen molar-refractivity contribution in [1.82, 2.24) is 0 Å². The van der Waals surface area contributed by atoms with Crippen molar-refractivity contribution in [2.75, 3.05) is 7.11 Å². The fourth-order valence-electron chi connectivity index (χ4n) is 1.27. The van der Waals surface area contributed by atoms with Crippen molar-refractivity contribution in [2.45, 2.75) is 26.4 Å². The molecule has 0 aliphatic heterocycles. The van der Waals surface area contributed by atoms with E-state index in [4.69, 9.17) is 0 Å². The van der Waals surface area contributed by atoms with Crippen LogP contribution in [-0.4, -0.2) is 24.3 Å². The molecule has 0 spiro atoms. The molecule has 17 heavy (non-hydrogen) atoms. The summed E-state index contributed by atoms with van der Waals surface area (Å²) in [7, 11) is 1.33. The van der Waals surface area contributed by atoms with E-state index in [-0.39, 0.29) is 5.92 Å². The third-order valence-corrected chi connectivity index (χ3v) is 2.65. The number of ether oxygens (including phenoxy) is 1. The molecule has 0 aromatic carbocycles. The first-order chi connectivity index (χ1) is 8.01. The highest BCUT2D eigenvalue weighted by Gasteiger charge is 2.10. The van der Waals surface area contributed by atoms with E-state index >= 15 is 0 Å². The molecule has 0 aliphatic carbocycles. The van der Waals surface area contributed by atoms with E-state index in [2.05, 4.69) is 27.3 Å². The molecule has 2 atom stereocenters. The molecule has 0 aliphatic rings. The van der Waals surface area contributed by atoms with Crippen LogP contribution in [0.1, 0.15) is 20.3 Å². The molecule has 0 bridgehead atoms. The van der Waals surface area contributed by atoms with Crippen LogP contribution in [0.25, 0.3) is 0 Å². The number of aliphatic hydroxyl groups is 1. The molecule has 0 saturated carbocycles. The summed E-state index contributed by atoms with van der Waals surface area (Å²) in [6.45, 7) is 3.93. The fraction of sp³-hybridized carbons (Fsp3) is 0.462. The van der Waals surface area contributed by atoms with Crippen LogP contribution in [0.5, 0.6) is 0 Å². The Labute approximate surface area is 116 Å². The van der Waals surface area contributed by atoms with Gasteiger partial charge in [-0.1, -0.05) is 53.3 Å². The lowest BCUT2D eigenvalue weighted by Gasteiger charge is -2.13. The van der Waals surface area contributed by atoms with E-state index in [9.17, 15) is 9.90 Å². The van der Waals surface area contributed by atoms with Gasteiger partial charge in [-0.15, -0.1) is 0 Å². The average molecular weight is 350 g/mol. The zero-order valence-electron chi connectivity index (χ0n) is 10.4. The third kappa shape index (κ3) is 8.15. The van der Waals surface area contributed by atoms with Crippen molar-refractivity contribution in [3.05, 3.63) is 34.0 Å². The molecular formula is C13H19IO3. The van der Waals surface area contributed by atoms with Crippen LogP contribution in [0.2, 0.25) is 0 Å². The topological polar surface area (TPSA) is 46.5 Å². The van der Waals surface area contributed by atoms with E-state index in [1.54, 1.807) is 6.08 Å². The summed E-state index contributed by atoms with van der Waals surface area (Å²) < 4.78 is 6.39. The van der Waals surface area contributed by atoms with Crippen molar-refractivity contribution >= 4 is 28.6 Å². The molecule has 0 amide bonds. The average Bonchev–Trinajstić information content (AvgIpc) is 2.28. The Bertz CT molecular complexity index is 319. The van der Waals surface area contributed by atoms with E-state index < -0.39 is 12.1 Å². The molecule has 0 unspecified atom stereocenters. The highest BCUT2D eigenvalue weighted by molar-refractivity contribution is 14.1. The second kappa shape index (κ2) is 9.41. The minimum Gasteiger partial charge on any atom is -0.466 e. The van der Waals surface area contributed by atoms with Crippen LogP contribution < -0.4 is 0 Å². The van der Waals surface area contributed by atoms with Crippen molar-refractivity contribution in [2.24, 2.45) is 5.92 Å². The molecule has 1 N–H and O–H groups in total. The molecule has 96 valence electrons. The molecule has 0 radical (unpaired) electrons. The van der Waals surface area contributed by atoms with Gasteiger partial charge in [-0.05, 0) is 17.4 Å². The highest BCUT2D eigenvalue weighted by atomic mass is 127. The highest BCUT2D eigenvalue weighted by Crippen LogP contribution is 2.13. The smallest absolute Gasteiger partial charge is 0.330 e. The number of esters is 1. The molecule has 0 heterocycles. The molecule has 0 aromatic rings. The summed E-state index contributed by atoms with van der Waals surface area (Å²) >= 11 is 2.15. The predicted molar refractivity (Wildman–Crippen MR) is 77.9 cm³/mol. The number of carbonyl (C=O) groups excluding carboxylic acids is 1. The van der Waals surface area contributed by atoms with Gasteiger partial charge in [0.2, 0.25) is 0 Å². The van der Waals surface area contributed by atoms with Gasteiger partial charge in [-0.25, -0.2) is 4.79 Å². The lowest BCUT2D eigenvalue weighted by molar-refractivity contribution is -0.134. The first-order valence-electron chi connectivity index (χ1n) is 5.39. The minimum absolute atomic E-state index is 0.0462. The molecule has 0 fully saturated rings. The number of allylic oxidation sites excluding steroid dienone is 2. The van der Waals surface area contributed by atoms with E-state index in [1.165, 1.54) is 13.2 Å². The van der Waals surface area contributed by atoms with Gasteiger partial charge >= 0.3 is 5.97 Å². The summed E-state index contributed by atoms with van der Waals surface area (Å²) in [4.78, 5) is 10.8. The van der Waals surface area contributed by atoms with Crippen LogP contribution in [0, 0.1) is 5.92 Å². The van der Waals surface area contributed by atoms with Gasteiger partial charge in [0, 0.05) is 12.0 Å². The van der Waals surface area contributed by atoms with Gasteiger partial charge in [0.05, 0.1) is 13.2 Å². The Morgan fingerprint density at radius 3 is 2.65 bits per heavy atom. The van der Waals surface area contributed by atoms with Crippen LogP contribution in [0.3, 0.4) is 0 Å². The van der Waals surface area contributed by atoms with E-state index in [0.29, 0.717) is 6.42 Å². The Balaban J connectivity index is 4.23. The Kier molecular flexibility index (Phi) is 9.07. The number of hydrogen-bond donors (Lipinski definition) is 1. The summed E-state index contributed by atoms with van der Waals surface area (Å²) in [5.74, 6) is -0.352. The maximum absolute atomic E-state index is 10.8. The zero-order chi connectivity index (χ0) is 13.3. The van der Waals surface area contributed by atoms with Crippen molar-refractivity contribution in [1.29, 1.82) is 0 Å². The molecule has 3 nitrogen and oxygen atoms in total. The van der Waals surface area contributed by atoms with Gasteiger partial charge in [0.25, 0.3) is 0 Å². The number of rotatable bonds is 6. The molecule has 4 heteroatoms. The molecule has 0 rings (SSSR count). The maximum atomic E-state index is 10.8. The van der Waals surface area contributed by atoms with Crippen LogP contribution in [-0.2, 0) is 9.53 Å². The largest absolute Gasteiger partial charge is 0.466 e. The monoisotopic (exact) mass is 350 g/mol. The fourth-order valence-corrected chi connectivity index (χ4v) is 1.83. The van der Waals surface area contributed by atoms with Crippen LogP contribution >= 0.6 is 22.6 Å². The Hall–Kier alpha value is -0.620. The Morgan fingerprint density at radius 2 is 2.12 bits per heavy atom. The van der Waals surface area contributed by atoms with Gasteiger partial charge in [0.15, 0.2) is 0 Å². The second-order valence-electron chi connectivity index (χ2n) is 3.79. The first-order valence-corrected chi connectivity index (χ1v) is 6.63. The van der Waals surface area contributed by atoms with E-state index in [0.717, 1.165) is 5.57 Å². The second-order valence-corrected chi connectivity index (χ2v) is 4.51. The standard InChI is InChI=1S/C13H19IO3/c1-10(7-8-14)9-11(2)12(15)5-4-6-13(16)17-3/h4,6-9,11-12,15H,5H2,1-3H3/b6-4+,8-7-,10-9+/t11-,12-/m0/s1. The SMILES string of the molecule is COC(=O)/C=C/C[C@H](O)[C@@H](C)/C=C(C)/C=C\I. The summed E-state index contributed by atoms with van der Waals surface area (Å²) in [5, 5.41) is 9.85. The van der Waals surface area contributed by atoms with Crippen molar-refractivity contribution < 1.29 is 14.6 Å². The van der Waals surface area contributed by atoms with Gasteiger partial charge < -0.3 is 9.84 Å². The molecule has 0 aromatic heterocycles. The number of halogens is 1. The summed E-state index contributed by atoms with van der Waals surface area (Å²) in [5.41, 5.74) is 1.11. The van der Waals surface area contributed by atoms with Crippen molar-refractivity contribution in [3.63, 3.8) is 0 Å². The quantitative estimate of drug-likeness (QED) is 0.347. The lowest BCUT2D eigenvalue weighted by atomic mass is 9.99. The maximum Gasteiger partial charge on any atom is 0.330 e. The molecular weight excluding hydrogens is 331 g/mol. The number of hydrogen-bond acceptors (Lipinski definition) is 3. The van der Waals surface area contributed by atoms with Crippen LogP contribution in [0.15, 0.2) is 34.0 Å². The molecule has 0 saturated heterocycles. The first kappa shape index (κ1) is 16.4. The predicted octanol–water partition coefficient (Wildman–Crippen LogP) is 3.00. The summed E-state index contributed by atoms with van der Waals surface area (Å²) in [6.07, 6.45) is 6.89. The lowest BCUT2D eigenvalue weighted by Crippen LogP contribution is -2.15. The number of methoxy groups -OCH3 is 1. The normalized spacial score (nSPS) is 16.4.